The van der Waals surface area contributed by atoms with Crippen LogP contribution >= 0.6 is 0 Å². The maximum Gasteiger partial charge on any atom is 0.0233 e. The first kappa shape index (κ1) is 16.2. The first-order valence-corrected chi connectivity index (χ1v) is 7.21. The average Bonchev–Trinajstić information content (AvgIpc) is 2.45. The predicted molar refractivity (Wildman–Crippen MR) is 78.3 cm³/mol. The minimum absolute atomic E-state index is 1.14. The average molecular weight is 235 g/mol. The molecule has 0 radical (unpaired) electrons. The number of likely N-dealkylation sites (tertiary alicyclic amines) is 1. The standard InChI is InChI=1S/C12H17N.2C2H6/c1-3-7-12(8-4-1)11-13-9-5-2-6-10-13;2*1-2/h1,3-4,7-8H,2,5-6,9-11H2;2*1-2H3. The van der Waals surface area contributed by atoms with Gasteiger partial charge in [0.25, 0.3) is 0 Å². The number of benzene rings is 1. The van der Waals surface area contributed by atoms with Crippen LogP contribution in [0.2, 0.25) is 0 Å². The number of hydrogen-bond acceptors (Lipinski definition) is 1. The number of hydrogen-bond donors (Lipinski definition) is 0. The summed E-state index contributed by atoms with van der Waals surface area (Å²) in [6.45, 7) is 11.7. The molecule has 1 nitrogen and oxygen atoms in total. The molecule has 1 aliphatic rings. The van der Waals surface area contributed by atoms with Crippen molar-refractivity contribution in [1.82, 2.24) is 4.90 Å². The minimum Gasteiger partial charge on any atom is -0.299 e. The minimum atomic E-state index is 1.14. The molecule has 2 rings (SSSR count). The van der Waals surface area contributed by atoms with Crippen molar-refractivity contribution in [2.24, 2.45) is 0 Å². The van der Waals surface area contributed by atoms with Crippen LogP contribution in [-0.4, -0.2) is 18.0 Å². The lowest BCUT2D eigenvalue weighted by Gasteiger charge is -2.26. The highest BCUT2D eigenvalue weighted by Gasteiger charge is 2.09. The largest absolute Gasteiger partial charge is 0.299 e. The first-order chi connectivity index (χ1) is 8.45. The molecule has 98 valence electrons. The van der Waals surface area contributed by atoms with Crippen molar-refractivity contribution < 1.29 is 0 Å². The summed E-state index contributed by atoms with van der Waals surface area (Å²) < 4.78 is 0. The fourth-order valence-corrected chi connectivity index (χ4v) is 1.96. The predicted octanol–water partition coefficient (Wildman–Crippen LogP) is 4.72. The van der Waals surface area contributed by atoms with Crippen molar-refractivity contribution in [3.05, 3.63) is 35.9 Å². The molecule has 1 fully saturated rings. The highest BCUT2D eigenvalue weighted by atomic mass is 15.1. The third-order valence-corrected chi connectivity index (χ3v) is 2.70. The summed E-state index contributed by atoms with van der Waals surface area (Å²) in [5, 5.41) is 0. The first-order valence-electron chi connectivity index (χ1n) is 7.21. The van der Waals surface area contributed by atoms with Crippen LogP contribution in [0.5, 0.6) is 0 Å². The summed E-state index contributed by atoms with van der Waals surface area (Å²) >= 11 is 0. The SMILES string of the molecule is CC.CC.c1ccc(CN2CCCCC2)cc1. The van der Waals surface area contributed by atoms with Gasteiger partial charge in [-0.2, -0.15) is 0 Å². The molecule has 1 aromatic carbocycles. The van der Waals surface area contributed by atoms with E-state index in [1.54, 1.807) is 0 Å². The third-order valence-electron chi connectivity index (χ3n) is 2.70. The van der Waals surface area contributed by atoms with Gasteiger partial charge < -0.3 is 0 Å². The van der Waals surface area contributed by atoms with E-state index in [1.165, 1.54) is 37.9 Å². The Labute approximate surface area is 108 Å². The summed E-state index contributed by atoms with van der Waals surface area (Å²) in [7, 11) is 0. The van der Waals surface area contributed by atoms with Gasteiger partial charge in [0.05, 0.1) is 0 Å². The van der Waals surface area contributed by atoms with Gasteiger partial charge in [-0.15, -0.1) is 0 Å². The summed E-state index contributed by atoms with van der Waals surface area (Å²) in [6.07, 6.45) is 4.19. The lowest BCUT2D eigenvalue weighted by molar-refractivity contribution is 0.221. The summed E-state index contributed by atoms with van der Waals surface area (Å²) in [5.41, 5.74) is 1.45. The van der Waals surface area contributed by atoms with Crippen molar-refractivity contribution >= 4 is 0 Å². The quantitative estimate of drug-likeness (QED) is 0.716. The van der Waals surface area contributed by atoms with Gasteiger partial charge >= 0.3 is 0 Å². The van der Waals surface area contributed by atoms with Crippen molar-refractivity contribution in [2.75, 3.05) is 13.1 Å². The van der Waals surface area contributed by atoms with Crippen molar-refractivity contribution in [2.45, 2.75) is 53.5 Å². The van der Waals surface area contributed by atoms with E-state index < -0.39 is 0 Å². The van der Waals surface area contributed by atoms with Crippen LogP contribution in [0.4, 0.5) is 0 Å². The maximum atomic E-state index is 2.55. The van der Waals surface area contributed by atoms with Gasteiger partial charge in [0.15, 0.2) is 0 Å². The zero-order valence-corrected chi connectivity index (χ0v) is 12.1. The van der Waals surface area contributed by atoms with Gasteiger partial charge in [-0.1, -0.05) is 64.4 Å². The van der Waals surface area contributed by atoms with Gasteiger partial charge in [0, 0.05) is 6.54 Å². The second kappa shape index (κ2) is 11.7. The van der Waals surface area contributed by atoms with E-state index in [9.17, 15) is 0 Å². The van der Waals surface area contributed by atoms with E-state index in [-0.39, 0.29) is 0 Å². The van der Waals surface area contributed by atoms with Crippen LogP contribution in [0, 0.1) is 0 Å². The normalized spacial score (nSPS) is 15.1. The Kier molecular flexibility index (Phi) is 11.1. The molecule has 17 heavy (non-hydrogen) atoms. The second-order valence-electron chi connectivity index (χ2n) is 3.82. The zero-order chi connectivity index (χ0) is 12.9. The van der Waals surface area contributed by atoms with Gasteiger partial charge in [0.2, 0.25) is 0 Å². The van der Waals surface area contributed by atoms with Gasteiger partial charge in [0.1, 0.15) is 0 Å². The molecule has 0 aromatic heterocycles. The fraction of sp³-hybridized carbons (Fsp3) is 0.625. The van der Waals surface area contributed by atoms with Gasteiger partial charge in [-0.3, -0.25) is 4.90 Å². The molecule has 1 heterocycles. The highest BCUT2D eigenvalue weighted by molar-refractivity contribution is 5.14. The topological polar surface area (TPSA) is 3.24 Å². The number of nitrogens with zero attached hydrogens (tertiary/aromatic N) is 1. The molecule has 0 N–H and O–H groups in total. The summed E-state index contributed by atoms with van der Waals surface area (Å²) in [5.74, 6) is 0. The molecule has 1 aliphatic heterocycles. The zero-order valence-electron chi connectivity index (χ0n) is 12.1. The molecular formula is C16H29N. The lowest BCUT2D eigenvalue weighted by atomic mass is 10.1. The second-order valence-corrected chi connectivity index (χ2v) is 3.82. The smallest absolute Gasteiger partial charge is 0.0233 e. The van der Waals surface area contributed by atoms with Gasteiger partial charge in [-0.05, 0) is 31.5 Å². The number of piperidine rings is 1. The monoisotopic (exact) mass is 235 g/mol. The Morgan fingerprint density at radius 2 is 1.35 bits per heavy atom. The van der Waals surface area contributed by atoms with E-state index in [0.29, 0.717) is 0 Å². The lowest BCUT2D eigenvalue weighted by Crippen LogP contribution is -2.28. The fourth-order valence-electron chi connectivity index (χ4n) is 1.96. The van der Waals surface area contributed by atoms with Crippen LogP contribution in [0.1, 0.15) is 52.5 Å². The van der Waals surface area contributed by atoms with Crippen molar-refractivity contribution in [3.63, 3.8) is 0 Å². The summed E-state index contributed by atoms with van der Waals surface area (Å²) in [4.78, 5) is 2.55. The Morgan fingerprint density at radius 1 is 0.824 bits per heavy atom. The maximum absolute atomic E-state index is 2.55. The Bertz CT molecular complexity index is 237. The van der Waals surface area contributed by atoms with Gasteiger partial charge in [-0.25, -0.2) is 0 Å². The molecule has 0 atom stereocenters. The third kappa shape index (κ3) is 7.17. The van der Waals surface area contributed by atoms with Crippen molar-refractivity contribution in [3.8, 4) is 0 Å². The molecule has 0 unspecified atom stereocenters. The Morgan fingerprint density at radius 3 is 1.88 bits per heavy atom. The molecular weight excluding hydrogens is 206 g/mol. The molecule has 0 aliphatic carbocycles. The Hall–Kier alpha value is -0.820. The molecule has 1 saturated heterocycles. The van der Waals surface area contributed by atoms with Crippen LogP contribution in [0.15, 0.2) is 30.3 Å². The molecule has 0 saturated carbocycles. The molecule has 0 bridgehead atoms. The van der Waals surface area contributed by atoms with Crippen LogP contribution < -0.4 is 0 Å². The Balaban J connectivity index is 0.000000581. The number of rotatable bonds is 2. The van der Waals surface area contributed by atoms with E-state index in [1.807, 2.05) is 27.7 Å². The van der Waals surface area contributed by atoms with E-state index in [4.69, 9.17) is 0 Å². The van der Waals surface area contributed by atoms with Crippen LogP contribution in [0.25, 0.3) is 0 Å². The molecule has 1 aromatic rings. The molecule has 1 heteroatoms. The molecule has 0 amide bonds. The van der Waals surface area contributed by atoms with Crippen LogP contribution in [0.3, 0.4) is 0 Å². The highest BCUT2D eigenvalue weighted by Crippen LogP contribution is 2.12. The van der Waals surface area contributed by atoms with Crippen LogP contribution in [-0.2, 0) is 6.54 Å². The van der Waals surface area contributed by atoms with E-state index in [2.05, 4.69) is 35.2 Å². The molecule has 0 spiro atoms. The van der Waals surface area contributed by atoms with E-state index in [0.717, 1.165) is 6.54 Å². The summed E-state index contributed by atoms with van der Waals surface area (Å²) in [6, 6.07) is 10.8. The van der Waals surface area contributed by atoms with Crippen molar-refractivity contribution in [1.29, 1.82) is 0 Å². The van der Waals surface area contributed by atoms with E-state index >= 15 is 0 Å².